The summed E-state index contributed by atoms with van der Waals surface area (Å²) < 4.78 is 25.7. The summed E-state index contributed by atoms with van der Waals surface area (Å²) in [6.45, 7) is 5.32. The Morgan fingerprint density at radius 1 is 1.39 bits per heavy atom. The van der Waals surface area contributed by atoms with Crippen LogP contribution < -0.4 is 5.32 Å². The minimum atomic E-state index is -0.944. The first-order chi connectivity index (χ1) is 18.2. The van der Waals surface area contributed by atoms with E-state index in [-0.39, 0.29) is 41.6 Å². The number of nitrogens with zero attached hydrogens (tertiary/aromatic N) is 3. The number of carbonyl (C=O) groups is 2. The fourth-order valence-corrected chi connectivity index (χ4v) is 5.74. The first-order valence-corrected chi connectivity index (χ1v) is 13.5. The maximum absolute atomic E-state index is 14.5. The molecule has 1 saturated heterocycles. The zero-order chi connectivity index (χ0) is 27.4. The second-order valence-corrected chi connectivity index (χ2v) is 10.7. The molecular formula is C26H30ClFN4O5S. The third-order valence-electron chi connectivity index (χ3n) is 6.65. The molecule has 9 nitrogen and oxygen atoms in total. The van der Waals surface area contributed by atoms with Crippen LogP contribution in [0.25, 0.3) is 0 Å². The minimum Gasteiger partial charge on any atom is -0.481 e. The zero-order valence-corrected chi connectivity index (χ0v) is 22.9. The van der Waals surface area contributed by atoms with Gasteiger partial charge in [0, 0.05) is 48.4 Å². The van der Waals surface area contributed by atoms with E-state index in [1.807, 2.05) is 13.8 Å². The van der Waals surface area contributed by atoms with Gasteiger partial charge in [-0.05, 0) is 18.4 Å². The number of thiazole rings is 1. The number of esters is 1. The SMILES string of the molecule is COC(=O)C1=C(CN2CCO[C@H](C(C)C)[C@H]2CCC(=O)O)NC(c2nccs2)=N[C@H]1c1cccc(F)c1Cl. The molecule has 0 unspecified atom stereocenters. The van der Waals surface area contributed by atoms with Crippen LogP contribution in [0.5, 0.6) is 0 Å². The Labute approximate surface area is 229 Å². The molecule has 0 spiro atoms. The molecule has 0 saturated carbocycles. The lowest BCUT2D eigenvalue weighted by atomic mass is 9.91. The van der Waals surface area contributed by atoms with Crippen LogP contribution in [0.15, 0.2) is 46.0 Å². The Bertz CT molecular complexity index is 1240. The molecule has 2 N–H and O–H groups in total. The van der Waals surface area contributed by atoms with Crippen LogP contribution in [0.3, 0.4) is 0 Å². The van der Waals surface area contributed by atoms with Crippen LogP contribution >= 0.6 is 22.9 Å². The Balaban J connectivity index is 1.80. The number of benzene rings is 1. The van der Waals surface area contributed by atoms with E-state index >= 15 is 0 Å². The van der Waals surface area contributed by atoms with Crippen LogP contribution in [0.2, 0.25) is 5.02 Å². The minimum absolute atomic E-state index is 0.0164. The summed E-state index contributed by atoms with van der Waals surface area (Å²) in [5.41, 5.74) is 1.03. The van der Waals surface area contributed by atoms with Crippen molar-refractivity contribution >= 4 is 40.7 Å². The number of halogens is 2. The third-order valence-corrected chi connectivity index (χ3v) is 7.83. The van der Waals surface area contributed by atoms with Crippen molar-refractivity contribution in [3.63, 3.8) is 0 Å². The Morgan fingerprint density at radius 2 is 2.18 bits per heavy atom. The van der Waals surface area contributed by atoms with Gasteiger partial charge in [-0.25, -0.2) is 14.2 Å². The van der Waals surface area contributed by atoms with Crippen LogP contribution in [0, 0.1) is 11.7 Å². The summed E-state index contributed by atoms with van der Waals surface area (Å²) in [4.78, 5) is 35.8. The number of carboxylic acids is 1. The highest BCUT2D eigenvalue weighted by Crippen LogP contribution is 2.38. The van der Waals surface area contributed by atoms with Crippen molar-refractivity contribution in [1.29, 1.82) is 0 Å². The molecule has 0 radical (unpaired) electrons. The molecule has 0 amide bonds. The van der Waals surface area contributed by atoms with E-state index in [1.54, 1.807) is 17.6 Å². The number of aliphatic carboxylic acids is 1. The molecule has 1 fully saturated rings. The highest BCUT2D eigenvalue weighted by Gasteiger charge is 2.39. The number of amidine groups is 1. The molecule has 2 aromatic rings. The summed E-state index contributed by atoms with van der Waals surface area (Å²) in [6.07, 6.45) is 1.82. The van der Waals surface area contributed by atoms with Crippen molar-refractivity contribution in [2.24, 2.45) is 10.9 Å². The average Bonchev–Trinajstić information content (AvgIpc) is 3.43. The number of ether oxygens (including phenoxy) is 2. The van der Waals surface area contributed by atoms with Gasteiger partial charge >= 0.3 is 11.9 Å². The van der Waals surface area contributed by atoms with Crippen molar-refractivity contribution in [3.8, 4) is 0 Å². The van der Waals surface area contributed by atoms with Crippen molar-refractivity contribution in [2.45, 2.75) is 44.9 Å². The number of carbonyl (C=O) groups excluding carboxylic acids is 1. The largest absolute Gasteiger partial charge is 0.481 e. The monoisotopic (exact) mass is 564 g/mol. The van der Waals surface area contributed by atoms with Crippen LogP contribution in [0.4, 0.5) is 4.39 Å². The summed E-state index contributed by atoms with van der Waals surface area (Å²) in [5, 5.41) is 14.9. The number of rotatable bonds is 9. The van der Waals surface area contributed by atoms with Gasteiger partial charge in [-0.2, -0.15) is 0 Å². The van der Waals surface area contributed by atoms with E-state index in [1.165, 1.54) is 30.6 Å². The maximum atomic E-state index is 14.5. The molecule has 3 heterocycles. The molecule has 3 atom stereocenters. The van der Waals surface area contributed by atoms with Crippen molar-refractivity contribution in [3.05, 3.63) is 62.5 Å². The van der Waals surface area contributed by atoms with Gasteiger partial charge in [0.1, 0.15) is 11.9 Å². The van der Waals surface area contributed by atoms with Gasteiger partial charge in [0.25, 0.3) is 0 Å². The van der Waals surface area contributed by atoms with Crippen molar-refractivity contribution in [1.82, 2.24) is 15.2 Å². The molecular weight excluding hydrogens is 535 g/mol. The van der Waals surface area contributed by atoms with Gasteiger partial charge in [-0.1, -0.05) is 37.6 Å². The van der Waals surface area contributed by atoms with Gasteiger partial charge in [0.05, 0.1) is 30.4 Å². The number of hydrogen-bond acceptors (Lipinski definition) is 9. The Morgan fingerprint density at radius 3 is 2.84 bits per heavy atom. The molecule has 0 aliphatic carbocycles. The number of carboxylic acid groups (broad SMARTS) is 1. The van der Waals surface area contributed by atoms with E-state index in [0.29, 0.717) is 41.7 Å². The molecule has 4 rings (SSSR count). The van der Waals surface area contributed by atoms with Crippen LogP contribution in [-0.2, 0) is 19.1 Å². The quantitative estimate of drug-likeness (QED) is 0.439. The fraction of sp³-hybridized carbons (Fsp3) is 0.462. The van der Waals surface area contributed by atoms with Gasteiger partial charge in [0.2, 0.25) is 0 Å². The number of morpholine rings is 1. The summed E-state index contributed by atoms with van der Waals surface area (Å²) in [6, 6.07) is 3.24. The molecule has 2 aliphatic heterocycles. The van der Waals surface area contributed by atoms with E-state index in [9.17, 15) is 19.1 Å². The molecule has 1 aromatic heterocycles. The second-order valence-electron chi connectivity index (χ2n) is 9.42. The predicted molar refractivity (Wildman–Crippen MR) is 142 cm³/mol. The lowest BCUT2D eigenvalue weighted by Crippen LogP contribution is -2.55. The fourth-order valence-electron chi connectivity index (χ4n) is 4.92. The number of nitrogens with one attached hydrogen (secondary N) is 1. The highest BCUT2D eigenvalue weighted by atomic mass is 35.5. The normalized spacial score (nSPS) is 22.3. The lowest BCUT2D eigenvalue weighted by Gasteiger charge is -2.44. The molecule has 204 valence electrons. The van der Waals surface area contributed by atoms with Gasteiger partial charge < -0.3 is 19.9 Å². The van der Waals surface area contributed by atoms with Crippen molar-refractivity contribution < 1.29 is 28.6 Å². The molecule has 1 aromatic carbocycles. The van der Waals surface area contributed by atoms with E-state index in [4.69, 9.17) is 26.1 Å². The third kappa shape index (κ3) is 6.06. The first kappa shape index (κ1) is 28.2. The lowest BCUT2D eigenvalue weighted by molar-refractivity contribution is -0.139. The van der Waals surface area contributed by atoms with Gasteiger partial charge in [0.15, 0.2) is 10.8 Å². The molecule has 2 aliphatic rings. The zero-order valence-electron chi connectivity index (χ0n) is 21.3. The maximum Gasteiger partial charge on any atom is 0.338 e. The molecule has 38 heavy (non-hydrogen) atoms. The first-order valence-electron chi connectivity index (χ1n) is 12.3. The average molecular weight is 565 g/mol. The van der Waals surface area contributed by atoms with E-state index in [2.05, 4.69) is 15.2 Å². The van der Waals surface area contributed by atoms with E-state index in [0.717, 1.165) is 0 Å². The summed E-state index contributed by atoms with van der Waals surface area (Å²) in [7, 11) is 1.27. The smallest absolute Gasteiger partial charge is 0.338 e. The summed E-state index contributed by atoms with van der Waals surface area (Å²) >= 11 is 7.73. The van der Waals surface area contributed by atoms with Crippen LogP contribution in [0.1, 0.15) is 43.3 Å². The number of methoxy groups -OCH3 is 1. The number of aliphatic imine (C=N–C) groups is 1. The summed E-state index contributed by atoms with van der Waals surface area (Å²) in [5.74, 6) is -1.57. The van der Waals surface area contributed by atoms with E-state index < -0.39 is 23.8 Å². The highest BCUT2D eigenvalue weighted by molar-refractivity contribution is 7.11. The predicted octanol–water partition coefficient (Wildman–Crippen LogP) is 4.04. The second kappa shape index (κ2) is 12.3. The number of aromatic nitrogens is 1. The Kier molecular flexibility index (Phi) is 9.14. The molecule has 12 heteroatoms. The van der Waals surface area contributed by atoms with Gasteiger partial charge in [-0.15, -0.1) is 11.3 Å². The topological polar surface area (TPSA) is 113 Å². The standard InChI is InChI=1S/C26H30ClFN4O5S/c1-14(2)23-18(7-8-19(33)34)32(10-11-37-23)13-17-20(26(35)36-3)22(15-5-4-6-16(28)21(15)27)31-24(30-17)25-29-9-12-38-25/h4-6,9,12,14,18,22-23H,7-8,10-11,13H2,1-3H3,(H,30,31)(H,33,34)/t18-,22+,23-/m1/s1. The Hall–Kier alpha value is -2.86. The molecule has 0 bridgehead atoms. The number of hydrogen-bond donors (Lipinski definition) is 2. The van der Waals surface area contributed by atoms with Gasteiger partial charge in [-0.3, -0.25) is 14.7 Å². The van der Waals surface area contributed by atoms with Crippen molar-refractivity contribution in [2.75, 3.05) is 26.8 Å². The van der Waals surface area contributed by atoms with Crippen LogP contribution in [-0.4, -0.2) is 71.7 Å².